The third-order valence-corrected chi connectivity index (χ3v) is 3.05. The maximum Gasteiger partial charge on any atom is 0.407 e. The summed E-state index contributed by atoms with van der Waals surface area (Å²) < 4.78 is 5.19. The van der Waals surface area contributed by atoms with Crippen molar-refractivity contribution in [3.8, 4) is 0 Å². The van der Waals surface area contributed by atoms with Crippen molar-refractivity contribution in [1.82, 2.24) is 10.2 Å². The molecule has 1 aliphatic rings. The number of hydrogen-bond acceptors (Lipinski definition) is 4. The van der Waals surface area contributed by atoms with E-state index in [-0.39, 0.29) is 18.6 Å². The van der Waals surface area contributed by atoms with Crippen LogP contribution in [0.15, 0.2) is 0 Å². The molecule has 1 saturated heterocycles. The van der Waals surface area contributed by atoms with Gasteiger partial charge in [-0.3, -0.25) is 4.79 Å². The molecule has 2 N–H and O–H groups in total. The Morgan fingerprint density at radius 3 is 2.65 bits per heavy atom. The van der Waals surface area contributed by atoms with Gasteiger partial charge in [-0.25, -0.2) is 4.79 Å². The Balaban J connectivity index is 2.52. The molecule has 1 rings (SSSR count). The molecule has 0 bridgehead atoms. The molecule has 0 spiro atoms. The molecule has 1 heterocycles. The third-order valence-electron chi connectivity index (χ3n) is 3.05. The van der Waals surface area contributed by atoms with Crippen molar-refractivity contribution in [3.63, 3.8) is 0 Å². The SMILES string of the molecule is C[C@@H]1CC(=O)N(C[C@H](CCO)NC(=O)OC(C)(C)C)C1. The van der Waals surface area contributed by atoms with Gasteiger partial charge < -0.3 is 20.1 Å². The predicted octanol–water partition coefficient (Wildman–Crippen LogP) is 1.13. The minimum Gasteiger partial charge on any atom is -0.444 e. The van der Waals surface area contributed by atoms with Crippen LogP contribution in [0, 0.1) is 5.92 Å². The molecule has 6 heteroatoms. The molecule has 0 radical (unpaired) electrons. The lowest BCUT2D eigenvalue weighted by molar-refractivity contribution is -0.128. The molecular weight excluding hydrogens is 260 g/mol. The number of ether oxygens (including phenoxy) is 1. The fourth-order valence-corrected chi connectivity index (χ4v) is 2.25. The minimum absolute atomic E-state index is 0.0436. The van der Waals surface area contributed by atoms with Crippen molar-refractivity contribution in [2.24, 2.45) is 5.92 Å². The molecule has 2 amide bonds. The van der Waals surface area contributed by atoms with Gasteiger partial charge in [-0.05, 0) is 33.1 Å². The summed E-state index contributed by atoms with van der Waals surface area (Å²) in [6.45, 7) is 8.48. The molecule has 0 aliphatic carbocycles. The average Bonchev–Trinajstić information content (AvgIpc) is 2.54. The van der Waals surface area contributed by atoms with E-state index in [2.05, 4.69) is 5.32 Å². The topological polar surface area (TPSA) is 78.9 Å². The van der Waals surface area contributed by atoms with E-state index >= 15 is 0 Å². The van der Waals surface area contributed by atoms with Crippen molar-refractivity contribution in [3.05, 3.63) is 0 Å². The van der Waals surface area contributed by atoms with Crippen LogP contribution in [0.3, 0.4) is 0 Å². The van der Waals surface area contributed by atoms with E-state index in [4.69, 9.17) is 9.84 Å². The second-order valence-electron chi connectivity index (χ2n) is 6.46. The Labute approximate surface area is 120 Å². The highest BCUT2D eigenvalue weighted by molar-refractivity contribution is 5.78. The smallest absolute Gasteiger partial charge is 0.407 e. The van der Waals surface area contributed by atoms with Gasteiger partial charge in [0.1, 0.15) is 5.60 Å². The van der Waals surface area contributed by atoms with Gasteiger partial charge in [-0.15, -0.1) is 0 Å². The fraction of sp³-hybridized carbons (Fsp3) is 0.857. The number of aliphatic hydroxyl groups is 1. The highest BCUT2D eigenvalue weighted by Crippen LogP contribution is 2.17. The normalized spacial score (nSPS) is 20.9. The summed E-state index contributed by atoms with van der Waals surface area (Å²) in [5.74, 6) is 0.449. The molecular formula is C14H26N2O4. The lowest BCUT2D eigenvalue weighted by Gasteiger charge is -2.26. The standard InChI is InChI=1S/C14H26N2O4/c1-10-7-12(18)16(8-10)9-11(5-6-17)15-13(19)20-14(2,3)4/h10-11,17H,5-9H2,1-4H3,(H,15,19)/t10-,11+/m1/s1. The molecule has 0 aromatic carbocycles. The van der Waals surface area contributed by atoms with Gasteiger partial charge in [-0.2, -0.15) is 0 Å². The summed E-state index contributed by atoms with van der Waals surface area (Å²) in [5.41, 5.74) is -0.564. The predicted molar refractivity (Wildman–Crippen MR) is 75.2 cm³/mol. The first kappa shape index (κ1) is 16.8. The Hall–Kier alpha value is -1.30. The van der Waals surface area contributed by atoms with Gasteiger partial charge in [-0.1, -0.05) is 6.92 Å². The van der Waals surface area contributed by atoms with Crippen LogP contribution in [0.5, 0.6) is 0 Å². The highest BCUT2D eigenvalue weighted by Gasteiger charge is 2.29. The van der Waals surface area contributed by atoms with Crippen LogP contribution in [-0.2, 0) is 9.53 Å². The van der Waals surface area contributed by atoms with E-state index in [1.807, 2.05) is 6.92 Å². The summed E-state index contributed by atoms with van der Waals surface area (Å²) in [6, 6.07) is -0.288. The van der Waals surface area contributed by atoms with Crippen LogP contribution >= 0.6 is 0 Å². The zero-order chi connectivity index (χ0) is 15.3. The third kappa shape index (κ3) is 5.77. The highest BCUT2D eigenvalue weighted by atomic mass is 16.6. The fourth-order valence-electron chi connectivity index (χ4n) is 2.25. The molecule has 1 fully saturated rings. The number of aliphatic hydroxyl groups excluding tert-OH is 1. The van der Waals surface area contributed by atoms with Gasteiger partial charge in [0.15, 0.2) is 0 Å². The number of nitrogens with one attached hydrogen (secondary N) is 1. The van der Waals surface area contributed by atoms with Crippen molar-refractivity contribution in [2.75, 3.05) is 19.7 Å². The molecule has 116 valence electrons. The van der Waals surface area contributed by atoms with Gasteiger partial charge in [0.05, 0.1) is 6.04 Å². The van der Waals surface area contributed by atoms with Gasteiger partial charge >= 0.3 is 6.09 Å². The zero-order valence-electron chi connectivity index (χ0n) is 12.8. The summed E-state index contributed by atoms with van der Waals surface area (Å²) in [7, 11) is 0. The van der Waals surface area contributed by atoms with Crippen LogP contribution in [-0.4, -0.2) is 53.3 Å². The molecule has 1 aliphatic heterocycles. The first-order valence-corrected chi connectivity index (χ1v) is 7.09. The van der Waals surface area contributed by atoms with E-state index in [1.54, 1.807) is 25.7 Å². The summed E-state index contributed by atoms with van der Waals surface area (Å²) in [6.07, 6.45) is 0.436. The maximum absolute atomic E-state index is 11.8. The van der Waals surface area contributed by atoms with Gasteiger partial charge in [0, 0.05) is 26.1 Å². The zero-order valence-corrected chi connectivity index (χ0v) is 12.8. The Morgan fingerprint density at radius 2 is 2.20 bits per heavy atom. The van der Waals surface area contributed by atoms with Crippen molar-refractivity contribution in [1.29, 1.82) is 0 Å². The number of carbonyl (C=O) groups is 2. The molecule has 0 aromatic heterocycles. The van der Waals surface area contributed by atoms with Crippen molar-refractivity contribution >= 4 is 12.0 Å². The number of nitrogens with zero attached hydrogens (tertiary/aromatic N) is 1. The minimum atomic E-state index is -0.564. The first-order valence-electron chi connectivity index (χ1n) is 7.09. The van der Waals surface area contributed by atoms with Crippen LogP contribution in [0.4, 0.5) is 4.79 Å². The summed E-state index contributed by atoms with van der Waals surface area (Å²) in [5, 5.41) is 11.8. The van der Waals surface area contributed by atoms with Gasteiger partial charge in [0.2, 0.25) is 5.91 Å². The number of carbonyl (C=O) groups excluding carboxylic acids is 2. The first-order chi connectivity index (χ1) is 9.21. The molecule has 0 aromatic rings. The van der Waals surface area contributed by atoms with E-state index < -0.39 is 11.7 Å². The van der Waals surface area contributed by atoms with E-state index in [9.17, 15) is 9.59 Å². The molecule has 20 heavy (non-hydrogen) atoms. The average molecular weight is 286 g/mol. The maximum atomic E-state index is 11.8. The Kier molecular flexibility index (Phi) is 5.80. The molecule has 6 nitrogen and oxygen atoms in total. The number of alkyl carbamates (subject to hydrolysis) is 1. The van der Waals surface area contributed by atoms with Crippen LogP contribution < -0.4 is 5.32 Å². The number of hydrogen-bond donors (Lipinski definition) is 2. The number of amides is 2. The number of likely N-dealkylation sites (tertiary alicyclic amines) is 1. The molecule has 0 unspecified atom stereocenters. The lowest BCUT2D eigenvalue weighted by Crippen LogP contribution is -2.46. The summed E-state index contributed by atoms with van der Waals surface area (Å²) >= 11 is 0. The van der Waals surface area contributed by atoms with Crippen LogP contribution in [0.25, 0.3) is 0 Å². The molecule has 0 saturated carbocycles. The second-order valence-corrected chi connectivity index (χ2v) is 6.46. The van der Waals surface area contributed by atoms with Crippen molar-refractivity contribution < 1.29 is 19.4 Å². The Morgan fingerprint density at radius 1 is 1.55 bits per heavy atom. The Bertz CT molecular complexity index is 352. The quantitative estimate of drug-likeness (QED) is 0.794. The van der Waals surface area contributed by atoms with Crippen molar-refractivity contribution in [2.45, 2.75) is 52.2 Å². The van der Waals surface area contributed by atoms with E-state index in [0.29, 0.717) is 31.8 Å². The van der Waals surface area contributed by atoms with Gasteiger partial charge in [0.25, 0.3) is 0 Å². The second kappa shape index (κ2) is 6.92. The number of rotatable bonds is 5. The van der Waals surface area contributed by atoms with E-state index in [1.165, 1.54) is 0 Å². The monoisotopic (exact) mass is 286 g/mol. The largest absolute Gasteiger partial charge is 0.444 e. The van der Waals surface area contributed by atoms with E-state index in [0.717, 1.165) is 0 Å². The summed E-state index contributed by atoms with van der Waals surface area (Å²) in [4.78, 5) is 25.2. The molecule has 2 atom stereocenters. The van der Waals surface area contributed by atoms with Crippen LogP contribution in [0.1, 0.15) is 40.5 Å². The lowest BCUT2D eigenvalue weighted by atomic mass is 10.2. The van der Waals surface area contributed by atoms with Crippen LogP contribution in [0.2, 0.25) is 0 Å².